The highest BCUT2D eigenvalue weighted by molar-refractivity contribution is 5.87. The summed E-state index contributed by atoms with van der Waals surface area (Å²) >= 11 is 0. The molecular formula is C63H100O25. The number of aliphatic carboxylic acids is 1. The molecule has 0 amide bonds. The first-order valence-electron chi connectivity index (χ1n) is 31.7. The lowest BCUT2D eigenvalue weighted by Gasteiger charge is -2.73. The van der Waals surface area contributed by atoms with Crippen LogP contribution in [0.4, 0.5) is 0 Å². The predicted molar refractivity (Wildman–Crippen MR) is 305 cm³/mol. The number of fused-ring (bicyclic) bond motifs is 7. The summed E-state index contributed by atoms with van der Waals surface area (Å²) in [6, 6.07) is 0. The van der Waals surface area contributed by atoms with Crippen molar-refractivity contribution < 1.29 is 123 Å². The summed E-state index contributed by atoms with van der Waals surface area (Å²) in [6.45, 7) is 24.0. The summed E-state index contributed by atoms with van der Waals surface area (Å²) in [4.78, 5) is 40.7. The maximum absolute atomic E-state index is 13.7. The van der Waals surface area contributed by atoms with Crippen LogP contribution in [0.3, 0.4) is 0 Å². The highest BCUT2D eigenvalue weighted by Crippen LogP contribution is 2.77. The van der Waals surface area contributed by atoms with E-state index in [0.29, 0.717) is 56.9 Å². The largest absolute Gasteiger partial charge is 0.479 e. The van der Waals surface area contributed by atoms with E-state index in [2.05, 4.69) is 40.7 Å². The van der Waals surface area contributed by atoms with E-state index in [4.69, 9.17) is 47.4 Å². The van der Waals surface area contributed by atoms with Crippen LogP contribution >= 0.6 is 0 Å². The Labute approximate surface area is 514 Å². The fourth-order valence-corrected chi connectivity index (χ4v) is 18.2. The Balaban J connectivity index is 1.04. The highest BCUT2D eigenvalue weighted by Gasteiger charge is 2.76. The molecule has 0 bridgehead atoms. The van der Waals surface area contributed by atoms with Crippen LogP contribution in [0.2, 0.25) is 0 Å². The molecule has 5 aliphatic carbocycles. The quantitative estimate of drug-likeness (QED) is 0.0477. The normalized spacial score (nSPS) is 50.9. The van der Waals surface area contributed by atoms with E-state index in [1.807, 2.05) is 20.8 Å². The summed E-state index contributed by atoms with van der Waals surface area (Å²) in [5.74, 6) is -3.15. The third kappa shape index (κ3) is 11.4. The summed E-state index contributed by atoms with van der Waals surface area (Å²) in [6.07, 6.45) is -31.4. The zero-order valence-electron chi connectivity index (χ0n) is 53.0. The first-order chi connectivity index (χ1) is 41.1. The van der Waals surface area contributed by atoms with Crippen molar-refractivity contribution in [2.24, 2.45) is 50.2 Å². The molecule has 502 valence electrons. The minimum absolute atomic E-state index is 0.0703. The predicted octanol–water partition coefficient (Wildman–Crippen LogP) is 1.39. The number of rotatable bonds is 15. The van der Waals surface area contributed by atoms with Crippen LogP contribution in [-0.2, 0) is 61.8 Å². The molecule has 4 saturated carbocycles. The van der Waals surface area contributed by atoms with Gasteiger partial charge in [0.05, 0.1) is 24.9 Å². The van der Waals surface area contributed by atoms with Crippen molar-refractivity contribution in [1.82, 2.24) is 0 Å². The van der Waals surface area contributed by atoms with E-state index < -0.39 is 199 Å². The molecule has 25 nitrogen and oxygen atoms in total. The van der Waals surface area contributed by atoms with Gasteiger partial charge in [0.2, 0.25) is 0 Å². The summed E-state index contributed by atoms with van der Waals surface area (Å²) < 4.78 is 62.2. The van der Waals surface area contributed by atoms with E-state index >= 15 is 0 Å². The van der Waals surface area contributed by atoms with Crippen LogP contribution in [0.25, 0.3) is 0 Å². The maximum atomic E-state index is 13.7. The Kier molecular flexibility index (Phi) is 20.1. The van der Waals surface area contributed by atoms with E-state index in [0.717, 1.165) is 5.57 Å². The van der Waals surface area contributed by atoms with Gasteiger partial charge in [0.1, 0.15) is 97.7 Å². The van der Waals surface area contributed by atoms with Crippen LogP contribution in [0.1, 0.15) is 148 Å². The Hall–Kier alpha value is -2.87. The Morgan fingerprint density at radius 2 is 1.22 bits per heavy atom. The second kappa shape index (κ2) is 25.5. The molecule has 88 heavy (non-hydrogen) atoms. The lowest BCUT2D eigenvalue weighted by atomic mass is 9.32. The van der Waals surface area contributed by atoms with Gasteiger partial charge in [-0.3, -0.25) is 4.79 Å². The number of aliphatic hydroxyl groups excluding tert-OH is 11. The lowest BCUT2D eigenvalue weighted by molar-refractivity contribution is -0.400. The standard InChI is InChI=1S/C63H100O25/c1-14-26(4)53(78)83-36-24-58(7,8)23-30-29-17-18-34-60(11)21-20-35(59(9,10)33(60)19-22-61(34,12)62(29,13)51(80-28(6)65)50(75)63(30,36)16-3)84-57-48(87-54-43(72)40(69)37(66)27(5)79-54)45(74)46(49(88-57)52(76)77)85-56-47(42(71)39(68)32(25-64)82-56)86-55-44(73)41(70)38(67)31(15-2)81-55/h14,17,27,30-51,54-57,64,66-75H,15-16,18-25H2,1-13H3,(H,76,77)/b26-14-/t27-,30-,31+,32+,33?,34?,35-,36-,37-,38+,39-,40+,41-,42-,43+,44+,45-,46-,47+,48+,49-,50+,51-,54?,55-,56-,57+,60-,61+,62-,63+/m0/s1. The van der Waals surface area contributed by atoms with Gasteiger partial charge in [-0.2, -0.15) is 0 Å². The summed E-state index contributed by atoms with van der Waals surface area (Å²) in [7, 11) is 0. The van der Waals surface area contributed by atoms with Gasteiger partial charge in [0.15, 0.2) is 31.3 Å². The smallest absolute Gasteiger partial charge is 0.335 e. The van der Waals surface area contributed by atoms with Gasteiger partial charge >= 0.3 is 17.9 Å². The number of carboxylic acids is 1. The fraction of sp³-hybridized carbons (Fsp3) is 0.889. The number of hydrogen-bond donors (Lipinski definition) is 12. The molecule has 0 aromatic rings. The van der Waals surface area contributed by atoms with Gasteiger partial charge in [0, 0.05) is 23.3 Å². The molecule has 4 aliphatic heterocycles. The molecule has 3 unspecified atom stereocenters. The number of aliphatic hydroxyl groups is 11. The number of ether oxygens (including phenoxy) is 10. The van der Waals surface area contributed by atoms with Crippen molar-refractivity contribution in [1.29, 1.82) is 0 Å². The maximum Gasteiger partial charge on any atom is 0.335 e. The molecule has 9 rings (SSSR count). The summed E-state index contributed by atoms with van der Waals surface area (Å²) in [5.41, 5.74) is -2.51. The van der Waals surface area contributed by atoms with E-state index in [1.54, 1.807) is 26.8 Å². The van der Waals surface area contributed by atoms with Crippen molar-refractivity contribution in [3.8, 4) is 0 Å². The molecule has 4 heterocycles. The molecule has 9 aliphatic rings. The number of carbonyl (C=O) groups is 3. The minimum atomic E-state index is -2.17. The van der Waals surface area contributed by atoms with Crippen molar-refractivity contribution in [3.05, 3.63) is 23.3 Å². The van der Waals surface area contributed by atoms with Gasteiger partial charge < -0.3 is 109 Å². The van der Waals surface area contributed by atoms with Gasteiger partial charge in [-0.05, 0) is 118 Å². The lowest BCUT2D eigenvalue weighted by Crippen LogP contribution is -2.74. The SMILES string of the molecule is C/C=C(/C)C(=O)O[C@H]1CC(C)(C)C[C@H]2C3=CCC4[C@@]5(C)CC[C@H](O[C@@H]6O[C@H](C(=O)O)[C@@H](O[C@@H]7O[C@H](CO)[C@H](O)[C@H](O)[C@H]7O[C@@H]7O[C@H](CC)[C@@H](O)[C@H](O)[C@H]7O)[C@H](O)[C@H]6OC6O[C@@H](C)[C@H](O)[C@@H](O)[C@H]6O)C(C)(C)C5CC[C@@]4(C)[C@]3(C)[C@@H](OC(C)=O)[C@@H](O)[C@@]12CC. The highest BCUT2D eigenvalue weighted by atomic mass is 16.8. The van der Waals surface area contributed by atoms with Crippen molar-refractivity contribution >= 4 is 17.9 Å². The van der Waals surface area contributed by atoms with Crippen LogP contribution in [0.15, 0.2) is 23.3 Å². The van der Waals surface area contributed by atoms with E-state index in [9.17, 15) is 75.7 Å². The molecule has 12 N–H and O–H groups in total. The molecule has 0 radical (unpaired) electrons. The zero-order chi connectivity index (χ0) is 65.0. The number of esters is 2. The molecule has 0 aromatic carbocycles. The second-order valence-corrected chi connectivity index (χ2v) is 28.9. The van der Waals surface area contributed by atoms with E-state index in [1.165, 1.54) is 13.8 Å². The van der Waals surface area contributed by atoms with Crippen molar-refractivity contribution in [3.63, 3.8) is 0 Å². The molecule has 25 heteroatoms. The van der Waals surface area contributed by atoms with E-state index in [-0.39, 0.29) is 29.6 Å². The fourth-order valence-electron chi connectivity index (χ4n) is 18.2. The second-order valence-electron chi connectivity index (χ2n) is 28.9. The minimum Gasteiger partial charge on any atom is -0.479 e. The molecular weight excluding hydrogens is 1160 g/mol. The van der Waals surface area contributed by atoms with Crippen LogP contribution < -0.4 is 0 Å². The van der Waals surface area contributed by atoms with Gasteiger partial charge in [-0.1, -0.05) is 80.0 Å². The zero-order valence-corrected chi connectivity index (χ0v) is 53.0. The Bertz CT molecular complexity index is 2580. The summed E-state index contributed by atoms with van der Waals surface area (Å²) in [5, 5.41) is 135. The van der Waals surface area contributed by atoms with Crippen LogP contribution in [-0.4, -0.2) is 233 Å². The first-order valence-corrected chi connectivity index (χ1v) is 31.7. The number of hydrogen-bond acceptors (Lipinski definition) is 24. The average molecular weight is 1260 g/mol. The third-order valence-corrected chi connectivity index (χ3v) is 23.4. The Morgan fingerprint density at radius 1 is 0.636 bits per heavy atom. The molecule has 4 saturated heterocycles. The van der Waals surface area contributed by atoms with Gasteiger partial charge in [-0.15, -0.1) is 0 Å². The Morgan fingerprint density at radius 3 is 1.81 bits per heavy atom. The third-order valence-electron chi connectivity index (χ3n) is 23.4. The first kappa shape index (κ1) is 69.5. The number of allylic oxidation sites excluding steroid dienone is 2. The van der Waals surface area contributed by atoms with Crippen molar-refractivity contribution in [2.75, 3.05) is 6.61 Å². The molecule has 0 aromatic heterocycles. The van der Waals surface area contributed by atoms with Crippen LogP contribution in [0.5, 0.6) is 0 Å². The number of carbonyl (C=O) groups excluding carboxylic acids is 2. The number of carboxylic acid groups (broad SMARTS) is 1. The van der Waals surface area contributed by atoms with Crippen LogP contribution in [0, 0.1) is 50.2 Å². The molecule has 0 spiro atoms. The van der Waals surface area contributed by atoms with Gasteiger partial charge in [0.25, 0.3) is 0 Å². The molecule has 8 fully saturated rings. The monoisotopic (exact) mass is 1260 g/mol. The topological polar surface area (TPSA) is 386 Å². The average Bonchev–Trinajstić information content (AvgIpc) is 0.672. The van der Waals surface area contributed by atoms with Crippen molar-refractivity contribution in [2.45, 2.75) is 295 Å². The molecule has 31 atom stereocenters. The van der Waals surface area contributed by atoms with Gasteiger partial charge in [-0.25, -0.2) is 9.59 Å².